The fourth-order valence-corrected chi connectivity index (χ4v) is 1.99. The number of hydrogen-bond acceptors (Lipinski definition) is 2. The summed E-state index contributed by atoms with van der Waals surface area (Å²) in [6.45, 7) is 2.44. The van der Waals surface area contributed by atoms with Crippen LogP contribution in [0.4, 0.5) is 4.39 Å². The molecule has 2 rings (SSSR count). The van der Waals surface area contributed by atoms with Gasteiger partial charge in [0.2, 0.25) is 0 Å². The molecule has 0 atom stereocenters. The zero-order valence-electron chi connectivity index (χ0n) is 9.33. The second-order valence-corrected chi connectivity index (χ2v) is 4.21. The highest BCUT2D eigenvalue weighted by Gasteiger charge is 2.34. The number of alkyl halides is 1. The summed E-state index contributed by atoms with van der Waals surface area (Å²) in [5.41, 5.74) is -0.00619. The van der Waals surface area contributed by atoms with E-state index in [9.17, 15) is 9.18 Å². The highest BCUT2D eigenvalue weighted by molar-refractivity contribution is 5.94. The quantitative estimate of drug-likeness (QED) is 0.719. The van der Waals surface area contributed by atoms with Gasteiger partial charge in [-0.15, -0.1) is 0 Å². The Balaban J connectivity index is 2.23. The van der Waals surface area contributed by atoms with Crippen LogP contribution in [0.3, 0.4) is 0 Å². The van der Waals surface area contributed by atoms with Crippen LogP contribution >= 0.6 is 0 Å². The molecule has 3 heteroatoms. The predicted molar refractivity (Wildman–Crippen MR) is 59.3 cm³/mol. The van der Waals surface area contributed by atoms with Crippen molar-refractivity contribution in [2.45, 2.75) is 25.4 Å². The van der Waals surface area contributed by atoms with Crippen molar-refractivity contribution in [3.63, 3.8) is 0 Å². The number of halogens is 1. The van der Waals surface area contributed by atoms with E-state index in [4.69, 9.17) is 4.74 Å². The monoisotopic (exact) mass is 222 g/mol. The summed E-state index contributed by atoms with van der Waals surface area (Å²) in [7, 11) is 0. The average molecular weight is 222 g/mol. The molecule has 0 N–H and O–H groups in total. The van der Waals surface area contributed by atoms with E-state index < -0.39 is 5.67 Å². The second-order valence-electron chi connectivity index (χ2n) is 4.21. The molecule has 1 aliphatic rings. The Kier molecular flexibility index (Phi) is 3.06. The summed E-state index contributed by atoms with van der Waals surface area (Å²) >= 11 is 0. The van der Waals surface area contributed by atoms with E-state index >= 15 is 0 Å². The molecule has 2 nitrogen and oxygen atoms in total. The molecule has 1 saturated heterocycles. The fraction of sp³-hybridized carbons (Fsp3) is 0.462. The Labute approximate surface area is 94.4 Å². The molecular formula is C13H15FO2. The summed E-state index contributed by atoms with van der Waals surface area (Å²) in [6.07, 6.45) is 0.791. The molecule has 0 amide bonds. The molecule has 1 heterocycles. The molecule has 0 unspecified atom stereocenters. The number of benzene rings is 1. The number of hydrogen-bond donors (Lipinski definition) is 0. The van der Waals surface area contributed by atoms with Crippen molar-refractivity contribution in [2.75, 3.05) is 13.2 Å². The summed E-state index contributed by atoms with van der Waals surface area (Å²) in [5, 5.41) is 0. The van der Waals surface area contributed by atoms with E-state index in [2.05, 4.69) is 0 Å². The molecule has 0 aliphatic carbocycles. The highest BCUT2D eigenvalue weighted by atomic mass is 19.1. The third-order valence-electron chi connectivity index (χ3n) is 3.09. The lowest BCUT2D eigenvalue weighted by atomic mass is 9.88. The van der Waals surface area contributed by atoms with Gasteiger partial charge >= 0.3 is 0 Å². The molecule has 0 spiro atoms. The SMILES string of the molecule is CC(=O)c1ccc(C2(F)CCOCC2)cc1. The van der Waals surface area contributed by atoms with Crippen LogP contribution in [-0.4, -0.2) is 19.0 Å². The molecule has 1 aliphatic heterocycles. The van der Waals surface area contributed by atoms with Crippen molar-refractivity contribution in [1.82, 2.24) is 0 Å². The first kappa shape index (κ1) is 11.3. The van der Waals surface area contributed by atoms with Gasteiger partial charge in [-0.25, -0.2) is 4.39 Å². The van der Waals surface area contributed by atoms with Crippen molar-refractivity contribution in [3.8, 4) is 0 Å². The van der Waals surface area contributed by atoms with Crippen molar-refractivity contribution in [2.24, 2.45) is 0 Å². The Morgan fingerprint density at radius 3 is 2.31 bits per heavy atom. The van der Waals surface area contributed by atoms with Crippen LogP contribution in [0, 0.1) is 0 Å². The van der Waals surface area contributed by atoms with E-state index in [0.717, 1.165) is 0 Å². The maximum atomic E-state index is 14.5. The van der Waals surface area contributed by atoms with E-state index in [1.54, 1.807) is 24.3 Å². The Morgan fingerprint density at radius 2 is 1.81 bits per heavy atom. The predicted octanol–water partition coefficient (Wildman–Crippen LogP) is 2.86. The Bertz CT molecular complexity index is 377. The van der Waals surface area contributed by atoms with Gasteiger partial charge in [0.15, 0.2) is 5.78 Å². The van der Waals surface area contributed by atoms with Gasteiger partial charge in [0.05, 0.1) is 0 Å². The third-order valence-corrected chi connectivity index (χ3v) is 3.09. The number of ketones is 1. The van der Waals surface area contributed by atoms with Gasteiger partial charge in [-0.05, 0) is 12.5 Å². The topological polar surface area (TPSA) is 26.3 Å². The number of rotatable bonds is 2. The van der Waals surface area contributed by atoms with Gasteiger partial charge in [-0.3, -0.25) is 4.79 Å². The Morgan fingerprint density at radius 1 is 1.25 bits per heavy atom. The van der Waals surface area contributed by atoms with Crippen molar-refractivity contribution < 1.29 is 13.9 Å². The number of carbonyl (C=O) groups excluding carboxylic acids is 1. The molecule has 1 aromatic carbocycles. The second kappa shape index (κ2) is 4.34. The van der Waals surface area contributed by atoms with Gasteiger partial charge in [0.1, 0.15) is 5.67 Å². The van der Waals surface area contributed by atoms with Crippen LogP contribution in [0.25, 0.3) is 0 Å². The summed E-state index contributed by atoms with van der Waals surface area (Å²) in [5.74, 6) is 0.00596. The average Bonchev–Trinajstić information content (AvgIpc) is 2.30. The van der Waals surface area contributed by atoms with Crippen LogP contribution in [0.2, 0.25) is 0 Å². The van der Waals surface area contributed by atoms with E-state index in [1.165, 1.54) is 6.92 Å². The summed E-state index contributed by atoms with van der Waals surface area (Å²) in [4.78, 5) is 11.1. The zero-order chi connectivity index (χ0) is 11.6. The first-order chi connectivity index (χ1) is 7.62. The molecule has 0 saturated carbocycles. The van der Waals surface area contributed by atoms with E-state index in [0.29, 0.717) is 37.2 Å². The van der Waals surface area contributed by atoms with Crippen LogP contribution < -0.4 is 0 Å². The molecule has 0 radical (unpaired) electrons. The molecule has 1 aromatic rings. The molecular weight excluding hydrogens is 207 g/mol. The van der Waals surface area contributed by atoms with Gasteiger partial charge in [0.25, 0.3) is 0 Å². The molecule has 86 valence electrons. The van der Waals surface area contributed by atoms with Gasteiger partial charge in [-0.2, -0.15) is 0 Å². The summed E-state index contributed by atoms with van der Waals surface area (Å²) in [6, 6.07) is 6.80. The number of ether oxygens (including phenoxy) is 1. The van der Waals surface area contributed by atoms with Crippen LogP contribution in [0.15, 0.2) is 24.3 Å². The minimum Gasteiger partial charge on any atom is -0.381 e. The fourth-order valence-electron chi connectivity index (χ4n) is 1.99. The standard InChI is InChI=1S/C13H15FO2/c1-10(15)11-2-4-12(5-3-11)13(14)6-8-16-9-7-13/h2-5H,6-9H2,1H3. The van der Waals surface area contributed by atoms with Crippen LogP contribution in [-0.2, 0) is 10.4 Å². The normalized spacial score (nSPS) is 19.4. The number of carbonyl (C=O) groups is 1. The van der Waals surface area contributed by atoms with E-state index in [-0.39, 0.29) is 5.78 Å². The highest BCUT2D eigenvalue weighted by Crippen LogP contribution is 2.36. The summed E-state index contributed by atoms with van der Waals surface area (Å²) < 4.78 is 19.6. The van der Waals surface area contributed by atoms with Crippen molar-refractivity contribution >= 4 is 5.78 Å². The first-order valence-corrected chi connectivity index (χ1v) is 5.50. The molecule has 16 heavy (non-hydrogen) atoms. The van der Waals surface area contributed by atoms with Crippen LogP contribution in [0.1, 0.15) is 35.7 Å². The van der Waals surface area contributed by atoms with Gasteiger partial charge < -0.3 is 4.74 Å². The largest absolute Gasteiger partial charge is 0.381 e. The van der Waals surface area contributed by atoms with Gasteiger partial charge in [-0.1, -0.05) is 24.3 Å². The number of Topliss-reactive ketones (excluding diaryl/α,β-unsaturated/α-hetero) is 1. The lowest BCUT2D eigenvalue weighted by Crippen LogP contribution is -2.29. The smallest absolute Gasteiger partial charge is 0.159 e. The molecule has 1 fully saturated rings. The Hall–Kier alpha value is -1.22. The van der Waals surface area contributed by atoms with Crippen molar-refractivity contribution in [1.29, 1.82) is 0 Å². The maximum Gasteiger partial charge on any atom is 0.159 e. The van der Waals surface area contributed by atoms with Gasteiger partial charge in [0, 0.05) is 31.6 Å². The zero-order valence-corrected chi connectivity index (χ0v) is 9.33. The lowest BCUT2D eigenvalue weighted by Gasteiger charge is -2.29. The van der Waals surface area contributed by atoms with E-state index in [1.807, 2.05) is 0 Å². The molecule has 0 aromatic heterocycles. The minimum atomic E-state index is -1.28. The third kappa shape index (κ3) is 2.14. The minimum absolute atomic E-state index is 0.00596. The van der Waals surface area contributed by atoms with Crippen molar-refractivity contribution in [3.05, 3.63) is 35.4 Å². The van der Waals surface area contributed by atoms with Crippen LogP contribution in [0.5, 0.6) is 0 Å². The molecule has 0 bridgehead atoms. The first-order valence-electron chi connectivity index (χ1n) is 5.50. The maximum absolute atomic E-state index is 14.5. The lowest BCUT2D eigenvalue weighted by molar-refractivity contribution is -0.0115.